The Labute approximate surface area is 98.6 Å². The Kier molecular flexibility index (Phi) is 5.79. The molecule has 0 heterocycles. The van der Waals surface area contributed by atoms with Crippen molar-refractivity contribution in [3.8, 4) is 0 Å². The second-order valence-corrected chi connectivity index (χ2v) is 5.41. The van der Waals surface area contributed by atoms with Gasteiger partial charge in [0.1, 0.15) is 5.60 Å². The molecule has 1 amide bonds. The molecule has 1 N–H and O–H groups in total. The number of hydrogen-bond donors (Lipinski definition) is 1. The van der Waals surface area contributed by atoms with Crippen LogP contribution in [0.3, 0.4) is 0 Å². The molecule has 0 spiro atoms. The SMILES string of the molecule is CC(C)[C@@H](CCO)N(C)C(=O)OC(C)(C)C. The molecule has 4 heteroatoms. The molecule has 0 aromatic heterocycles. The number of carbonyl (C=O) groups is 1. The van der Waals surface area contributed by atoms with Crippen molar-refractivity contribution in [2.45, 2.75) is 52.7 Å². The minimum Gasteiger partial charge on any atom is -0.444 e. The van der Waals surface area contributed by atoms with Crippen LogP contribution < -0.4 is 0 Å². The van der Waals surface area contributed by atoms with E-state index in [1.54, 1.807) is 11.9 Å². The molecule has 0 fully saturated rings. The molecular formula is C12H25NO3. The maximum atomic E-state index is 11.8. The fraction of sp³-hybridized carbons (Fsp3) is 0.917. The van der Waals surface area contributed by atoms with Crippen molar-refractivity contribution < 1.29 is 14.6 Å². The zero-order chi connectivity index (χ0) is 12.9. The molecule has 0 saturated heterocycles. The van der Waals surface area contributed by atoms with E-state index in [9.17, 15) is 4.79 Å². The minimum atomic E-state index is -0.480. The van der Waals surface area contributed by atoms with Crippen molar-refractivity contribution in [1.29, 1.82) is 0 Å². The topological polar surface area (TPSA) is 49.8 Å². The van der Waals surface area contributed by atoms with E-state index in [0.29, 0.717) is 12.3 Å². The van der Waals surface area contributed by atoms with E-state index in [1.165, 1.54) is 0 Å². The number of aliphatic hydroxyl groups excluding tert-OH is 1. The first-order chi connectivity index (χ1) is 7.19. The molecular weight excluding hydrogens is 206 g/mol. The van der Waals surface area contributed by atoms with E-state index in [2.05, 4.69) is 0 Å². The molecule has 96 valence electrons. The average molecular weight is 231 g/mol. The third kappa shape index (κ3) is 5.35. The zero-order valence-electron chi connectivity index (χ0n) is 11.3. The summed E-state index contributed by atoms with van der Waals surface area (Å²) < 4.78 is 5.28. The van der Waals surface area contributed by atoms with Gasteiger partial charge in [-0.3, -0.25) is 0 Å². The quantitative estimate of drug-likeness (QED) is 0.807. The highest BCUT2D eigenvalue weighted by molar-refractivity contribution is 5.68. The van der Waals surface area contributed by atoms with E-state index in [4.69, 9.17) is 9.84 Å². The lowest BCUT2D eigenvalue weighted by molar-refractivity contribution is 0.0152. The number of ether oxygens (including phenoxy) is 1. The number of nitrogens with zero attached hydrogens (tertiary/aromatic N) is 1. The van der Waals surface area contributed by atoms with Gasteiger partial charge in [-0.05, 0) is 33.1 Å². The molecule has 0 aliphatic heterocycles. The van der Waals surface area contributed by atoms with Crippen LogP contribution in [0.1, 0.15) is 41.0 Å². The van der Waals surface area contributed by atoms with Gasteiger partial charge in [-0.15, -0.1) is 0 Å². The molecule has 0 saturated carbocycles. The third-order valence-corrected chi connectivity index (χ3v) is 2.37. The number of carbonyl (C=O) groups excluding carboxylic acids is 1. The van der Waals surface area contributed by atoms with Crippen LogP contribution >= 0.6 is 0 Å². The number of hydrogen-bond acceptors (Lipinski definition) is 3. The van der Waals surface area contributed by atoms with Gasteiger partial charge in [-0.1, -0.05) is 13.8 Å². The molecule has 0 unspecified atom stereocenters. The van der Waals surface area contributed by atoms with Gasteiger partial charge < -0.3 is 14.7 Å². The summed E-state index contributed by atoms with van der Waals surface area (Å²) in [5.74, 6) is 0.296. The second-order valence-electron chi connectivity index (χ2n) is 5.41. The van der Waals surface area contributed by atoms with Crippen LogP contribution in [0, 0.1) is 5.92 Å². The first-order valence-corrected chi connectivity index (χ1v) is 5.75. The lowest BCUT2D eigenvalue weighted by atomic mass is 10.0. The number of rotatable bonds is 4. The monoisotopic (exact) mass is 231 g/mol. The Morgan fingerprint density at radius 3 is 2.19 bits per heavy atom. The highest BCUT2D eigenvalue weighted by atomic mass is 16.6. The summed E-state index contributed by atoms with van der Waals surface area (Å²) in [6.07, 6.45) is 0.243. The fourth-order valence-corrected chi connectivity index (χ4v) is 1.58. The standard InChI is InChI=1S/C12H25NO3/c1-9(2)10(7-8-14)13(6)11(15)16-12(3,4)5/h9-10,14H,7-8H2,1-6H3/t10-/m1/s1. The van der Waals surface area contributed by atoms with E-state index >= 15 is 0 Å². The van der Waals surface area contributed by atoms with Crippen molar-refractivity contribution in [3.63, 3.8) is 0 Å². The van der Waals surface area contributed by atoms with Crippen molar-refractivity contribution >= 4 is 6.09 Å². The molecule has 0 bridgehead atoms. The van der Waals surface area contributed by atoms with Gasteiger partial charge in [0.05, 0.1) is 0 Å². The Morgan fingerprint density at radius 2 is 1.88 bits per heavy atom. The van der Waals surface area contributed by atoms with Gasteiger partial charge in [0.2, 0.25) is 0 Å². The molecule has 1 atom stereocenters. The lowest BCUT2D eigenvalue weighted by Gasteiger charge is -2.32. The van der Waals surface area contributed by atoms with Gasteiger partial charge in [0.15, 0.2) is 0 Å². The van der Waals surface area contributed by atoms with Crippen molar-refractivity contribution in [3.05, 3.63) is 0 Å². The van der Waals surface area contributed by atoms with Crippen molar-refractivity contribution in [2.24, 2.45) is 5.92 Å². The average Bonchev–Trinajstić information content (AvgIpc) is 2.09. The maximum absolute atomic E-state index is 11.8. The van der Waals surface area contributed by atoms with E-state index in [0.717, 1.165) is 0 Å². The summed E-state index contributed by atoms with van der Waals surface area (Å²) in [7, 11) is 1.72. The Hall–Kier alpha value is -0.770. The predicted octanol–water partition coefficient (Wildman–Crippen LogP) is 2.26. The predicted molar refractivity (Wildman–Crippen MR) is 64.3 cm³/mol. The second kappa shape index (κ2) is 6.09. The molecule has 0 aliphatic carbocycles. The van der Waals surface area contributed by atoms with Crippen LogP contribution in [0.2, 0.25) is 0 Å². The molecule has 4 nitrogen and oxygen atoms in total. The molecule has 0 rings (SSSR count). The van der Waals surface area contributed by atoms with Crippen LogP contribution in [0.4, 0.5) is 4.79 Å². The van der Waals surface area contributed by atoms with Crippen LogP contribution in [0.25, 0.3) is 0 Å². The Balaban J connectivity index is 4.49. The Morgan fingerprint density at radius 1 is 1.38 bits per heavy atom. The molecule has 0 aliphatic rings. The lowest BCUT2D eigenvalue weighted by Crippen LogP contribution is -2.43. The van der Waals surface area contributed by atoms with Crippen LogP contribution in [0.5, 0.6) is 0 Å². The smallest absolute Gasteiger partial charge is 0.410 e. The summed E-state index contributed by atoms with van der Waals surface area (Å²) in [5, 5.41) is 8.97. The number of aliphatic hydroxyl groups is 1. The van der Waals surface area contributed by atoms with Crippen molar-refractivity contribution in [1.82, 2.24) is 4.90 Å². The van der Waals surface area contributed by atoms with E-state index < -0.39 is 5.60 Å². The van der Waals surface area contributed by atoms with E-state index in [-0.39, 0.29) is 18.7 Å². The van der Waals surface area contributed by atoms with Crippen LogP contribution in [-0.4, -0.2) is 41.4 Å². The Bertz CT molecular complexity index is 221. The first-order valence-electron chi connectivity index (χ1n) is 5.75. The minimum absolute atomic E-state index is 0.0137. The van der Waals surface area contributed by atoms with Gasteiger partial charge in [-0.2, -0.15) is 0 Å². The highest BCUT2D eigenvalue weighted by Gasteiger charge is 2.26. The summed E-state index contributed by atoms with van der Waals surface area (Å²) in [4.78, 5) is 13.4. The van der Waals surface area contributed by atoms with Gasteiger partial charge in [0, 0.05) is 19.7 Å². The fourth-order valence-electron chi connectivity index (χ4n) is 1.58. The van der Waals surface area contributed by atoms with Gasteiger partial charge in [-0.25, -0.2) is 4.79 Å². The molecule has 0 radical (unpaired) electrons. The summed E-state index contributed by atoms with van der Waals surface area (Å²) in [5.41, 5.74) is -0.480. The molecule has 0 aromatic carbocycles. The first kappa shape index (κ1) is 15.2. The van der Waals surface area contributed by atoms with Crippen molar-refractivity contribution in [2.75, 3.05) is 13.7 Å². The van der Waals surface area contributed by atoms with E-state index in [1.807, 2.05) is 34.6 Å². The van der Waals surface area contributed by atoms with Crippen LogP contribution in [-0.2, 0) is 4.74 Å². The third-order valence-electron chi connectivity index (χ3n) is 2.37. The van der Waals surface area contributed by atoms with Gasteiger partial charge >= 0.3 is 6.09 Å². The molecule has 0 aromatic rings. The maximum Gasteiger partial charge on any atom is 0.410 e. The summed E-state index contributed by atoms with van der Waals surface area (Å²) >= 11 is 0. The number of amides is 1. The summed E-state index contributed by atoms with van der Waals surface area (Å²) in [6, 6.07) is 0.0137. The van der Waals surface area contributed by atoms with Crippen LogP contribution in [0.15, 0.2) is 0 Å². The zero-order valence-corrected chi connectivity index (χ0v) is 11.3. The summed E-state index contributed by atoms with van der Waals surface area (Å²) in [6.45, 7) is 9.66. The normalized spacial score (nSPS) is 13.8. The molecule has 16 heavy (non-hydrogen) atoms. The van der Waals surface area contributed by atoms with Gasteiger partial charge in [0.25, 0.3) is 0 Å². The largest absolute Gasteiger partial charge is 0.444 e. The highest BCUT2D eigenvalue weighted by Crippen LogP contribution is 2.16.